The Bertz CT molecular complexity index is 1340. The number of aromatic amines is 1. The molecule has 0 aliphatic heterocycles. The fourth-order valence-corrected chi connectivity index (χ4v) is 5.02. The van der Waals surface area contributed by atoms with E-state index in [1.807, 2.05) is 30.3 Å². The standard InChI is InChI=1S/C20H17ClN4O3S/c21-14-6-8-15(9-7-14)29(27,28)18-16-12-23-24-20(26)17(16)25(19(18)22)11-10-13-4-2-1-3-5-13/h1-9,12H,10-11,22H2,(H,24,26). The van der Waals surface area contributed by atoms with Gasteiger partial charge in [0.15, 0.2) is 0 Å². The third-order valence-electron chi connectivity index (χ3n) is 4.73. The Morgan fingerprint density at radius 3 is 2.45 bits per heavy atom. The van der Waals surface area contributed by atoms with Crippen molar-refractivity contribution in [2.24, 2.45) is 0 Å². The molecule has 148 valence electrons. The van der Waals surface area contributed by atoms with E-state index >= 15 is 0 Å². The summed E-state index contributed by atoms with van der Waals surface area (Å²) >= 11 is 5.88. The second kappa shape index (κ2) is 7.38. The fourth-order valence-electron chi connectivity index (χ4n) is 3.34. The third-order valence-corrected chi connectivity index (χ3v) is 6.84. The van der Waals surface area contributed by atoms with Crippen LogP contribution in [0.3, 0.4) is 0 Å². The number of anilines is 1. The number of halogens is 1. The van der Waals surface area contributed by atoms with Crippen molar-refractivity contribution in [2.45, 2.75) is 22.8 Å². The second-order valence-electron chi connectivity index (χ2n) is 6.52. The highest BCUT2D eigenvalue weighted by Gasteiger charge is 2.29. The number of nitrogens with zero attached hydrogens (tertiary/aromatic N) is 2. The predicted molar refractivity (Wildman–Crippen MR) is 112 cm³/mol. The van der Waals surface area contributed by atoms with Crippen molar-refractivity contribution in [1.82, 2.24) is 14.8 Å². The van der Waals surface area contributed by atoms with Crippen LogP contribution in [0.5, 0.6) is 0 Å². The van der Waals surface area contributed by atoms with Gasteiger partial charge in [0.1, 0.15) is 16.2 Å². The van der Waals surface area contributed by atoms with Crippen molar-refractivity contribution < 1.29 is 8.42 Å². The molecule has 4 rings (SSSR count). The van der Waals surface area contributed by atoms with Crippen LogP contribution in [0, 0.1) is 0 Å². The third kappa shape index (κ3) is 3.41. The number of rotatable bonds is 5. The van der Waals surface area contributed by atoms with Gasteiger partial charge < -0.3 is 10.3 Å². The van der Waals surface area contributed by atoms with Crippen LogP contribution in [0.4, 0.5) is 5.82 Å². The molecule has 3 N–H and O–H groups in total. The maximum Gasteiger partial charge on any atom is 0.288 e. The summed E-state index contributed by atoms with van der Waals surface area (Å²) in [6, 6.07) is 15.5. The van der Waals surface area contributed by atoms with Gasteiger partial charge in [-0.1, -0.05) is 41.9 Å². The SMILES string of the molecule is Nc1c(S(=O)(=O)c2ccc(Cl)cc2)c2cn[nH]c(=O)c2n1CCc1ccccc1. The van der Waals surface area contributed by atoms with Crippen LogP contribution in [0.15, 0.2) is 75.4 Å². The van der Waals surface area contributed by atoms with E-state index in [-0.39, 0.29) is 26.5 Å². The van der Waals surface area contributed by atoms with Crippen molar-refractivity contribution in [3.63, 3.8) is 0 Å². The van der Waals surface area contributed by atoms with E-state index in [1.54, 1.807) is 0 Å². The minimum atomic E-state index is -3.99. The molecular weight excluding hydrogens is 412 g/mol. The summed E-state index contributed by atoms with van der Waals surface area (Å²) < 4.78 is 28.1. The average molecular weight is 429 g/mol. The number of hydrogen-bond donors (Lipinski definition) is 2. The van der Waals surface area contributed by atoms with Crippen LogP contribution in [-0.4, -0.2) is 23.2 Å². The molecule has 9 heteroatoms. The number of aryl methyl sites for hydroxylation is 2. The zero-order valence-electron chi connectivity index (χ0n) is 15.2. The van der Waals surface area contributed by atoms with Crippen molar-refractivity contribution >= 4 is 38.2 Å². The molecule has 0 aliphatic carbocycles. The van der Waals surface area contributed by atoms with E-state index in [1.165, 1.54) is 35.0 Å². The Kier molecular flexibility index (Phi) is 4.89. The Morgan fingerprint density at radius 1 is 1.07 bits per heavy atom. The molecule has 7 nitrogen and oxygen atoms in total. The quantitative estimate of drug-likeness (QED) is 0.507. The first kappa shape index (κ1) is 19.2. The van der Waals surface area contributed by atoms with Crippen molar-refractivity contribution in [1.29, 1.82) is 0 Å². The molecule has 0 bridgehead atoms. The van der Waals surface area contributed by atoms with E-state index in [4.69, 9.17) is 17.3 Å². The lowest BCUT2D eigenvalue weighted by atomic mass is 10.1. The van der Waals surface area contributed by atoms with Gasteiger partial charge in [-0.2, -0.15) is 5.10 Å². The summed E-state index contributed by atoms with van der Waals surface area (Å²) in [5, 5.41) is 6.74. The van der Waals surface area contributed by atoms with Gasteiger partial charge in [-0.05, 0) is 36.2 Å². The molecular formula is C20H17ClN4O3S. The number of nitrogens with one attached hydrogen (secondary N) is 1. The van der Waals surface area contributed by atoms with E-state index in [0.29, 0.717) is 18.0 Å². The van der Waals surface area contributed by atoms with Gasteiger partial charge in [-0.25, -0.2) is 13.5 Å². The van der Waals surface area contributed by atoms with E-state index in [9.17, 15) is 13.2 Å². The molecule has 29 heavy (non-hydrogen) atoms. The van der Waals surface area contributed by atoms with Gasteiger partial charge in [-0.3, -0.25) is 4.79 Å². The number of nitrogens with two attached hydrogens (primary N) is 1. The molecule has 0 radical (unpaired) electrons. The monoisotopic (exact) mass is 428 g/mol. The van der Waals surface area contributed by atoms with Crippen LogP contribution in [0.1, 0.15) is 5.56 Å². The Labute approximate surface area is 171 Å². The lowest BCUT2D eigenvalue weighted by molar-refractivity contribution is 0.596. The van der Waals surface area contributed by atoms with Gasteiger partial charge >= 0.3 is 0 Å². The molecule has 0 fully saturated rings. The lowest BCUT2D eigenvalue weighted by Gasteiger charge is -2.09. The first-order valence-electron chi connectivity index (χ1n) is 8.79. The summed E-state index contributed by atoms with van der Waals surface area (Å²) in [6.45, 7) is 0.343. The van der Waals surface area contributed by atoms with E-state index in [2.05, 4.69) is 10.2 Å². The summed E-state index contributed by atoms with van der Waals surface area (Å²) in [7, 11) is -3.99. The number of H-pyrrole nitrogens is 1. The molecule has 0 spiro atoms. The number of nitrogen functional groups attached to an aromatic ring is 1. The number of aromatic nitrogens is 3. The Hall–Kier alpha value is -3.10. The Morgan fingerprint density at radius 2 is 1.76 bits per heavy atom. The van der Waals surface area contributed by atoms with Gasteiger partial charge in [0.05, 0.1) is 11.1 Å². The molecule has 0 atom stereocenters. The molecule has 4 aromatic rings. The van der Waals surface area contributed by atoms with Crippen molar-refractivity contribution in [3.05, 3.63) is 81.7 Å². The van der Waals surface area contributed by atoms with Gasteiger partial charge in [0.2, 0.25) is 9.84 Å². The molecule has 0 unspecified atom stereocenters. The summed E-state index contributed by atoms with van der Waals surface area (Å²) in [5.74, 6) is 0.00406. The minimum absolute atomic E-state index is 0.00406. The van der Waals surface area contributed by atoms with Crippen LogP contribution < -0.4 is 11.3 Å². The average Bonchev–Trinajstić information content (AvgIpc) is 3.00. The fraction of sp³-hybridized carbons (Fsp3) is 0.100. The molecule has 0 amide bonds. The summed E-state index contributed by atoms with van der Waals surface area (Å²) in [5.41, 5.74) is 7.00. The topological polar surface area (TPSA) is 111 Å². The number of fused-ring (bicyclic) bond motifs is 1. The van der Waals surface area contributed by atoms with Crippen molar-refractivity contribution in [3.8, 4) is 0 Å². The minimum Gasteiger partial charge on any atom is -0.384 e. The first-order chi connectivity index (χ1) is 13.9. The van der Waals surface area contributed by atoms with Gasteiger partial charge in [0, 0.05) is 17.0 Å². The smallest absolute Gasteiger partial charge is 0.288 e. The molecule has 2 aromatic heterocycles. The maximum atomic E-state index is 13.3. The highest BCUT2D eigenvalue weighted by atomic mass is 35.5. The van der Waals surface area contributed by atoms with Crippen LogP contribution in [0.2, 0.25) is 5.02 Å². The van der Waals surface area contributed by atoms with Gasteiger partial charge in [-0.15, -0.1) is 0 Å². The molecule has 0 saturated carbocycles. The normalized spacial score (nSPS) is 11.8. The lowest BCUT2D eigenvalue weighted by Crippen LogP contribution is -2.14. The summed E-state index contributed by atoms with van der Waals surface area (Å²) in [4.78, 5) is 12.4. The first-order valence-corrected chi connectivity index (χ1v) is 10.7. The molecule has 0 saturated heterocycles. The number of hydrogen-bond acceptors (Lipinski definition) is 5. The van der Waals surface area contributed by atoms with E-state index in [0.717, 1.165) is 5.56 Å². The van der Waals surface area contributed by atoms with Crippen molar-refractivity contribution in [2.75, 3.05) is 5.73 Å². The predicted octanol–water partition coefficient (Wildman–Crippen LogP) is 3.04. The number of sulfone groups is 1. The zero-order valence-corrected chi connectivity index (χ0v) is 16.7. The molecule has 2 aromatic carbocycles. The number of benzene rings is 2. The van der Waals surface area contributed by atoms with Crippen LogP contribution >= 0.6 is 11.6 Å². The van der Waals surface area contributed by atoms with Crippen LogP contribution in [-0.2, 0) is 22.8 Å². The molecule has 0 aliphatic rings. The highest BCUT2D eigenvalue weighted by molar-refractivity contribution is 7.92. The highest BCUT2D eigenvalue weighted by Crippen LogP contribution is 2.34. The largest absolute Gasteiger partial charge is 0.384 e. The van der Waals surface area contributed by atoms with Gasteiger partial charge in [0.25, 0.3) is 5.56 Å². The molecule has 2 heterocycles. The Balaban J connectivity index is 1.89. The second-order valence-corrected chi connectivity index (χ2v) is 8.84. The van der Waals surface area contributed by atoms with Crippen LogP contribution in [0.25, 0.3) is 10.9 Å². The summed E-state index contributed by atoms with van der Waals surface area (Å²) in [6.07, 6.45) is 1.89. The van der Waals surface area contributed by atoms with E-state index < -0.39 is 15.4 Å². The zero-order chi connectivity index (χ0) is 20.6. The maximum absolute atomic E-state index is 13.3.